The van der Waals surface area contributed by atoms with Crippen LogP contribution in [0.5, 0.6) is 5.75 Å². The summed E-state index contributed by atoms with van der Waals surface area (Å²) in [6, 6.07) is 17.3. The highest BCUT2D eigenvalue weighted by Gasteiger charge is 2.14. The van der Waals surface area contributed by atoms with Crippen LogP contribution in [0.2, 0.25) is 0 Å². The van der Waals surface area contributed by atoms with E-state index < -0.39 is 0 Å². The van der Waals surface area contributed by atoms with Crippen molar-refractivity contribution < 1.29 is 9.53 Å². The quantitative estimate of drug-likeness (QED) is 0.726. The van der Waals surface area contributed by atoms with E-state index in [1.165, 1.54) is 5.56 Å². The van der Waals surface area contributed by atoms with Gasteiger partial charge in [-0.2, -0.15) is 0 Å². The number of anilines is 1. The van der Waals surface area contributed by atoms with Crippen LogP contribution in [0.1, 0.15) is 12.5 Å². The van der Waals surface area contributed by atoms with Crippen LogP contribution in [0.3, 0.4) is 0 Å². The smallest absolute Gasteiger partial charge is 0.265 e. The van der Waals surface area contributed by atoms with Gasteiger partial charge in [0.2, 0.25) is 0 Å². The molecule has 0 N–H and O–H groups in total. The normalized spacial score (nSPS) is 10.0. The number of carbonyl (C=O) groups excluding carboxylic acids is 1. The predicted molar refractivity (Wildman–Crippen MR) is 90.3 cm³/mol. The van der Waals surface area contributed by atoms with Crippen molar-refractivity contribution in [2.75, 3.05) is 18.1 Å². The second kappa shape index (κ2) is 8.03. The van der Waals surface area contributed by atoms with Gasteiger partial charge in [0.05, 0.1) is 0 Å². The molecule has 0 atom stereocenters. The van der Waals surface area contributed by atoms with Gasteiger partial charge in [-0.3, -0.25) is 4.79 Å². The summed E-state index contributed by atoms with van der Waals surface area (Å²) in [4.78, 5) is 14.0. The Balaban J connectivity index is 2.00. The fourth-order valence-electron chi connectivity index (χ4n) is 2.13. The second-order valence-corrected chi connectivity index (χ2v) is 4.91. The van der Waals surface area contributed by atoms with Crippen molar-refractivity contribution >= 4 is 11.6 Å². The van der Waals surface area contributed by atoms with Crippen LogP contribution < -0.4 is 9.64 Å². The number of benzene rings is 2. The maximum Gasteiger partial charge on any atom is 0.265 e. The van der Waals surface area contributed by atoms with Gasteiger partial charge in [-0.1, -0.05) is 43.3 Å². The van der Waals surface area contributed by atoms with Gasteiger partial charge >= 0.3 is 0 Å². The minimum absolute atomic E-state index is 0.00814. The molecule has 0 spiro atoms. The standard InChI is InChI=1S/C19H21NO2/c1-3-14-20(17-8-6-5-7-9-17)19(21)15-22-18-12-10-16(4-2)11-13-18/h3,5-13H,1,4,14-15H2,2H3. The van der Waals surface area contributed by atoms with Crippen LogP contribution in [-0.2, 0) is 11.2 Å². The number of aryl methyl sites for hydroxylation is 1. The van der Waals surface area contributed by atoms with Crippen molar-refractivity contribution in [2.45, 2.75) is 13.3 Å². The minimum atomic E-state index is -0.0920. The van der Waals surface area contributed by atoms with Gasteiger partial charge in [0.1, 0.15) is 5.75 Å². The van der Waals surface area contributed by atoms with E-state index in [0.717, 1.165) is 12.1 Å². The third kappa shape index (κ3) is 4.22. The first kappa shape index (κ1) is 15.8. The summed E-state index contributed by atoms with van der Waals surface area (Å²) in [5, 5.41) is 0. The Hall–Kier alpha value is -2.55. The summed E-state index contributed by atoms with van der Waals surface area (Å²) >= 11 is 0. The topological polar surface area (TPSA) is 29.5 Å². The molecule has 114 valence electrons. The first-order valence-corrected chi connectivity index (χ1v) is 7.42. The third-order valence-electron chi connectivity index (χ3n) is 3.37. The van der Waals surface area contributed by atoms with Crippen LogP contribution in [-0.4, -0.2) is 19.1 Å². The zero-order valence-corrected chi connectivity index (χ0v) is 12.9. The number of carbonyl (C=O) groups is 1. The fourth-order valence-corrected chi connectivity index (χ4v) is 2.13. The Kier molecular flexibility index (Phi) is 5.78. The maximum atomic E-state index is 12.4. The molecule has 0 bridgehead atoms. The van der Waals surface area contributed by atoms with Gasteiger partial charge < -0.3 is 9.64 Å². The van der Waals surface area contributed by atoms with Crippen molar-refractivity contribution in [1.82, 2.24) is 0 Å². The lowest BCUT2D eigenvalue weighted by molar-refractivity contribution is -0.120. The molecule has 0 aliphatic carbocycles. The summed E-state index contributed by atoms with van der Waals surface area (Å²) in [5.41, 5.74) is 2.09. The number of para-hydroxylation sites is 1. The second-order valence-electron chi connectivity index (χ2n) is 4.91. The highest BCUT2D eigenvalue weighted by Crippen LogP contribution is 2.15. The summed E-state index contributed by atoms with van der Waals surface area (Å²) in [7, 11) is 0. The summed E-state index contributed by atoms with van der Waals surface area (Å²) in [6.07, 6.45) is 2.70. The van der Waals surface area contributed by atoms with Gasteiger partial charge in [0.15, 0.2) is 6.61 Å². The molecule has 2 rings (SSSR count). The van der Waals surface area contributed by atoms with Gasteiger partial charge in [-0.05, 0) is 36.2 Å². The number of amides is 1. The monoisotopic (exact) mass is 295 g/mol. The van der Waals surface area contributed by atoms with E-state index in [0.29, 0.717) is 12.3 Å². The Morgan fingerprint density at radius 2 is 1.82 bits per heavy atom. The van der Waals surface area contributed by atoms with Crippen molar-refractivity contribution in [3.05, 3.63) is 72.8 Å². The average Bonchev–Trinajstić information content (AvgIpc) is 2.58. The van der Waals surface area contributed by atoms with Crippen LogP contribution in [0.4, 0.5) is 5.69 Å². The van der Waals surface area contributed by atoms with Gasteiger partial charge in [-0.25, -0.2) is 0 Å². The molecular formula is C19H21NO2. The zero-order valence-electron chi connectivity index (χ0n) is 12.9. The van der Waals surface area contributed by atoms with Crippen LogP contribution in [0.25, 0.3) is 0 Å². The molecule has 0 fully saturated rings. The Labute approximate surface area is 131 Å². The SMILES string of the molecule is C=CCN(C(=O)COc1ccc(CC)cc1)c1ccccc1. The van der Waals surface area contributed by atoms with Gasteiger partial charge in [0, 0.05) is 12.2 Å². The first-order valence-electron chi connectivity index (χ1n) is 7.42. The molecule has 2 aromatic rings. The lowest BCUT2D eigenvalue weighted by atomic mass is 10.2. The first-order chi connectivity index (χ1) is 10.7. The summed E-state index contributed by atoms with van der Waals surface area (Å²) in [6.45, 7) is 6.28. The fraction of sp³-hybridized carbons (Fsp3) is 0.211. The Bertz CT molecular complexity index is 605. The van der Waals surface area contributed by atoms with E-state index in [2.05, 4.69) is 13.5 Å². The van der Waals surface area contributed by atoms with Crippen molar-refractivity contribution in [1.29, 1.82) is 0 Å². The largest absolute Gasteiger partial charge is 0.484 e. The Morgan fingerprint density at radius 1 is 1.14 bits per heavy atom. The minimum Gasteiger partial charge on any atom is -0.484 e. The molecule has 0 aliphatic rings. The van der Waals surface area contributed by atoms with Crippen molar-refractivity contribution in [2.24, 2.45) is 0 Å². The average molecular weight is 295 g/mol. The van der Waals surface area contributed by atoms with Gasteiger partial charge in [-0.15, -0.1) is 6.58 Å². The van der Waals surface area contributed by atoms with E-state index in [1.54, 1.807) is 11.0 Å². The third-order valence-corrected chi connectivity index (χ3v) is 3.37. The molecule has 0 radical (unpaired) electrons. The zero-order chi connectivity index (χ0) is 15.8. The number of hydrogen-bond acceptors (Lipinski definition) is 2. The van der Waals surface area contributed by atoms with Crippen molar-refractivity contribution in [3.8, 4) is 5.75 Å². The van der Waals surface area contributed by atoms with Crippen LogP contribution in [0, 0.1) is 0 Å². The molecule has 0 unspecified atom stereocenters. The molecule has 2 aromatic carbocycles. The molecule has 3 heteroatoms. The lowest BCUT2D eigenvalue weighted by Gasteiger charge is -2.21. The van der Waals surface area contributed by atoms with E-state index in [4.69, 9.17) is 4.74 Å². The maximum absolute atomic E-state index is 12.4. The van der Waals surface area contributed by atoms with E-state index in [9.17, 15) is 4.79 Å². The molecule has 0 heterocycles. The van der Waals surface area contributed by atoms with Crippen LogP contribution in [0.15, 0.2) is 67.3 Å². The molecule has 1 amide bonds. The van der Waals surface area contributed by atoms with E-state index in [-0.39, 0.29) is 12.5 Å². The molecule has 3 nitrogen and oxygen atoms in total. The number of rotatable bonds is 7. The molecule has 22 heavy (non-hydrogen) atoms. The molecular weight excluding hydrogens is 274 g/mol. The highest BCUT2D eigenvalue weighted by atomic mass is 16.5. The van der Waals surface area contributed by atoms with E-state index >= 15 is 0 Å². The van der Waals surface area contributed by atoms with Crippen LogP contribution >= 0.6 is 0 Å². The molecule has 0 saturated heterocycles. The predicted octanol–water partition coefficient (Wildman–Crippen LogP) is 3.85. The Morgan fingerprint density at radius 3 is 2.41 bits per heavy atom. The molecule has 0 saturated carbocycles. The summed E-state index contributed by atoms with van der Waals surface area (Å²) < 4.78 is 5.59. The van der Waals surface area contributed by atoms with Crippen molar-refractivity contribution in [3.63, 3.8) is 0 Å². The molecule has 0 aromatic heterocycles. The van der Waals surface area contributed by atoms with E-state index in [1.807, 2.05) is 54.6 Å². The number of ether oxygens (including phenoxy) is 1. The summed E-state index contributed by atoms with van der Waals surface area (Å²) in [5.74, 6) is 0.614. The number of nitrogens with zero attached hydrogens (tertiary/aromatic N) is 1. The molecule has 0 aliphatic heterocycles. The van der Waals surface area contributed by atoms with Gasteiger partial charge in [0.25, 0.3) is 5.91 Å². The lowest BCUT2D eigenvalue weighted by Crippen LogP contribution is -2.35. The number of hydrogen-bond donors (Lipinski definition) is 0. The highest BCUT2D eigenvalue weighted by molar-refractivity contribution is 5.94.